The van der Waals surface area contributed by atoms with Crippen LogP contribution in [0, 0.1) is 0 Å². The summed E-state index contributed by atoms with van der Waals surface area (Å²) in [5.41, 5.74) is 0.319. The van der Waals surface area contributed by atoms with Gasteiger partial charge in [0.25, 0.3) is 0 Å². The van der Waals surface area contributed by atoms with Gasteiger partial charge in [0.1, 0.15) is 0 Å². The lowest BCUT2D eigenvalue weighted by molar-refractivity contribution is -0.121. The molecule has 2 rings (SSSR count). The maximum Gasteiger partial charge on any atom is 0.234 e. The molecule has 1 amide bonds. The van der Waals surface area contributed by atoms with Crippen molar-refractivity contribution >= 4 is 11.7 Å². The first kappa shape index (κ1) is 13.4. The van der Waals surface area contributed by atoms with Crippen molar-refractivity contribution in [2.75, 3.05) is 26.2 Å². The maximum atomic E-state index is 12.0. The van der Waals surface area contributed by atoms with Gasteiger partial charge in [-0.15, -0.1) is 0 Å². The molecule has 1 aliphatic rings. The number of carbonyl (C=O) groups is 2. The summed E-state index contributed by atoms with van der Waals surface area (Å²) in [4.78, 5) is 25.2. The van der Waals surface area contributed by atoms with Crippen LogP contribution in [0.3, 0.4) is 0 Å². The number of benzene rings is 1. The number of nitrogens with zero attached hydrogens (tertiary/aromatic N) is 1. The van der Waals surface area contributed by atoms with Gasteiger partial charge in [0.2, 0.25) is 5.91 Å². The Hall–Kier alpha value is -2.08. The minimum atomic E-state index is -0.320. The van der Waals surface area contributed by atoms with Crippen LogP contribution in [0.5, 0.6) is 11.5 Å². The molecule has 3 N–H and O–H groups in total. The zero-order chi connectivity index (χ0) is 13.8. The van der Waals surface area contributed by atoms with Crippen molar-refractivity contribution in [1.29, 1.82) is 0 Å². The number of hydrogen-bond donors (Lipinski definition) is 3. The van der Waals surface area contributed by atoms with Crippen molar-refractivity contribution in [3.8, 4) is 11.5 Å². The Balaban J connectivity index is 2.03. The molecule has 1 aromatic rings. The van der Waals surface area contributed by atoms with Gasteiger partial charge in [0.15, 0.2) is 17.3 Å². The van der Waals surface area contributed by atoms with Crippen molar-refractivity contribution < 1.29 is 19.8 Å². The van der Waals surface area contributed by atoms with Crippen LogP contribution in [0.15, 0.2) is 18.2 Å². The van der Waals surface area contributed by atoms with Gasteiger partial charge < -0.3 is 15.5 Å². The highest BCUT2D eigenvalue weighted by Gasteiger charge is 2.18. The number of aromatic hydroxyl groups is 2. The summed E-state index contributed by atoms with van der Waals surface area (Å²) in [5, 5.41) is 21.3. The number of rotatable bonds is 3. The first-order valence-corrected chi connectivity index (χ1v) is 6.10. The molecule has 0 spiro atoms. The molecular formula is C13H16N2O4. The third kappa shape index (κ3) is 3.45. The molecule has 1 aliphatic heterocycles. The fourth-order valence-corrected chi connectivity index (χ4v) is 1.99. The monoisotopic (exact) mass is 264 g/mol. The molecule has 0 aromatic heterocycles. The van der Waals surface area contributed by atoms with E-state index in [-0.39, 0.29) is 36.3 Å². The number of Topliss-reactive ketones (excluding diaryl/α,β-unsaturated/α-hetero) is 1. The van der Waals surface area contributed by atoms with Gasteiger partial charge in [-0.1, -0.05) is 0 Å². The predicted octanol–water partition coefficient (Wildman–Crippen LogP) is 0.102. The van der Waals surface area contributed by atoms with E-state index >= 15 is 0 Å². The Morgan fingerprint density at radius 2 is 2.11 bits per heavy atom. The van der Waals surface area contributed by atoms with Crippen LogP contribution in [-0.2, 0) is 4.79 Å². The highest BCUT2D eigenvalue weighted by Crippen LogP contribution is 2.25. The van der Waals surface area contributed by atoms with E-state index in [0.29, 0.717) is 18.7 Å². The standard InChI is InChI=1S/C13H16N2O4/c16-10-3-2-9(6-11(10)17)12(18)7-15-5-1-4-14-13(19)8-15/h2-3,6,16-17H,1,4-5,7-8H2,(H,14,19). The molecule has 6 nitrogen and oxygen atoms in total. The zero-order valence-corrected chi connectivity index (χ0v) is 10.4. The molecule has 0 saturated carbocycles. The fraction of sp³-hybridized carbons (Fsp3) is 0.385. The minimum Gasteiger partial charge on any atom is -0.504 e. The van der Waals surface area contributed by atoms with E-state index in [1.807, 2.05) is 0 Å². The van der Waals surface area contributed by atoms with Gasteiger partial charge in [-0.2, -0.15) is 0 Å². The van der Waals surface area contributed by atoms with Crippen LogP contribution in [0.25, 0.3) is 0 Å². The third-order valence-electron chi connectivity index (χ3n) is 3.01. The van der Waals surface area contributed by atoms with Crippen molar-refractivity contribution in [2.45, 2.75) is 6.42 Å². The van der Waals surface area contributed by atoms with Gasteiger partial charge in [-0.05, 0) is 24.6 Å². The van der Waals surface area contributed by atoms with Gasteiger partial charge >= 0.3 is 0 Å². The first-order chi connectivity index (χ1) is 9.06. The molecule has 1 heterocycles. The summed E-state index contributed by atoms with van der Waals surface area (Å²) in [6.07, 6.45) is 0.805. The van der Waals surface area contributed by atoms with E-state index in [4.69, 9.17) is 0 Å². The number of hydrogen-bond acceptors (Lipinski definition) is 5. The number of ketones is 1. The molecule has 0 radical (unpaired) electrons. The van der Waals surface area contributed by atoms with Crippen LogP contribution in [0.2, 0.25) is 0 Å². The average Bonchev–Trinajstić information content (AvgIpc) is 2.57. The van der Waals surface area contributed by atoms with Crippen LogP contribution < -0.4 is 5.32 Å². The Bertz CT molecular complexity index is 501. The van der Waals surface area contributed by atoms with Crippen LogP contribution in [-0.4, -0.2) is 53.0 Å². The molecule has 0 aliphatic carbocycles. The van der Waals surface area contributed by atoms with Gasteiger partial charge in [-0.3, -0.25) is 14.5 Å². The van der Waals surface area contributed by atoms with E-state index in [2.05, 4.69) is 5.32 Å². The third-order valence-corrected chi connectivity index (χ3v) is 3.01. The smallest absolute Gasteiger partial charge is 0.234 e. The highest BCUT2D eigenvalue weighted by atomic mass is 16.3. The SMILES string of the molecule is O=C1CN(CC(=O)c2ccc(O)c(O)c2)CCCN1. The van der Waals surface area contributed by atoms with E-state index < -0.39 is 0 Å². The molecule has 102 valence electrons. The van der Waals surface area contributed by atoms with Crippen molar-refractivity contribution in [3.05, 3.63) is 23.8 Å². The molecule has 1 fully saturated rings. The molecule has 0 unspecified atom stereocenters. The maximum absolute atomic E-state index is 12.0. The highest BCUT2D eigenvalue weighted by molar-refractivity contribution is 5.98. The Labute approximate surface area is 110 Å². The van der Waals surface area contributed by atoms with Crippen LogP contribution in [0.1, 0.15) is 16.8 Å². The molecular weight excluding hydrogens is 248 g/mol. The molecule has 0 atom stereocenters. The molecule has 1 aromatic carbocycles. The van der Waals surface area contributed by atoms with Gasteiger partial charge in [0, 0.05) is 18.7 Å². The number of amides is 1. The number of phenols is 2. The summed E-state index contributed by atoms with van der Waals surface area (Å²) >= 11 is 0. The fourth-order valence-electron chi connectivity index (χ4n) is 1.99. The predicted molar refractivity (Wildman–Crippen MR) is 68.2 cm³/mol. The lowest BCUT2D eigenvalue weighted by atomic mass is 10.1. The summed E-state index contributed by atoms with van der Waals surface area (Å²) in [6, 6.07) is 3.96. The largest absolute Gasteiger partial charge is 0.504 e. The quantitative estimate of drug-likeness (QED) is 0.532. The zero-order valence-electron chi connectivity index (χ0n) is 10.4. The lowest BCUT2D eigenvalue weighted by Gasteiger charge is -2.17. The van der Waals surface area contributed by atoms with Crippen molar-refractivity contribution in [1.82, 2.24) is 10.2 Å². The van der Waals surface area contributed by atoms with E-state index in [1.54, 1.807) is 4.90 Å². The second-order valence-electron chi connectivity index (χ2n) is 4.54. The summed E-state index contributed by atoms with van der Waals surface area (Å²) in [6.45, 7) is 1.63. The van der Waals surface area contributed by atoms with Crippen LogP contribution in [0.4, 0.5) is 0 Å². The lowest BCUT2D eigenvalue weighted by Crippen LogP contribution is -2.36. The second-order valence-corrected chi connectivity index (χ2v) is 4.54. The van der Waals surface area contributed by atoms with Crippen molar-refractivity contribution in [3.63, 3.8) is 0 Å². The van der Waals surface area contributed by atoms with E-state index in [0.717, 1.165) is 6.42 Å². The molecule has 6 heteroatoms. The Morgan fingerprint density at radius 3 is 2.84 bits per heavy atom. The van der Waals surface area contributed by atoms with Gasteiger partial charge in [-0.25, -0.2) is 0 Å². The number of carbonyl (C=O) groups excluding carboxylic acids is 2. The minimum absolute atomic E-state index is 0.0844. The normalized spacial score (nSPS) is 16.7. The summed E-state index contributed by atoms with van der Waals surface area (Å²) in [5.74, 6) is -0.853. The van der Waals surface area contributed by atoms with Crippen LogP contribution >= 0.6 is 0 Å². The number of nitrogens with one attached hydrogen (secondary N) is 1. The topological polar surface area (TPSA) is 89.9 Å². The van der Waals surface area contributed by atoms with Gasteiger partial charge in [0.05, 0.1) is 13.1 Å². The average molecular weight is 264 g/mol. The molecule has 19 heavy (non-hydrogen) atoms. The first-order valence-electron chi connectivity index (χ1n) is 6.10. The Morgan fingerprint density at radius 1 is 1.32 bits per heavy atom. The van der Waals surface area contributed by atoms with E-state index in [9.17, 15) is 19.8 Å². The molecule has 1 saturated heterocycles. The van der Waals surface area contributed by atoms with E-state index in [1.165, 1.54) is 18.2 Å². The Kier molecular flexibility index (Phi) is 4.01. The summed E-state index contributed by atoms with van der Waals surface area (Å²) < 4.78 is 0. The second kappa shape index (κ2) is 5.71. The van der Waals surface area contributed by atoms with Crippen molar-refractivity contribution in [2.24, 2.45) is 0 Å². The number of phenolic OH excluding ortho intramolecular Hbond substituents is 2. The molecule has 0 bridgehead atoms. The summed E-state index contributed by atoms with van der Waals surface area (Å²) in [7, 11) is 0.